The molecule has 1 aromatic carbocycles. The zero-order valence-corrected chi connectivity index (χ0v) is 18.9. The Hall–Kier alpha value is -2.21. The molecule has 3 rings (SSSR count). The number of aromatic nitrogens is 1. The SMILES string of the molecule is Cc1ccc(Cc2sc(NC(=O)C3CCN(C(=O)C(C)(C)C)CC3)nc2C)cc1. The van der Waals surface area contributed by atoms with Crippen LogP contribution in [-0.2, 0) is 16.0 Å². The molecule has 1 fully saturated rings. The molecule has 0 saturated carbocycles. The number of anilines is 1. The molecule has 0 unspecified atom stereocenters. The molecule has 2 amide bonds. The van der Waals surface area contributed by atoms with Crippen LogP contribution in [0.3, 0.4) is 0 Å². The van der Waals surface area contributed by atoms with Crippen LogP contribution in [0.15, 0.2) is 24.3 Å². The third-order valence-corrected chi connectivity index (χ3v) is 6.48. The number of carbonyl (C=O) groups is 2. The number of carbonyl (C=O) groups excluding carboxylic acids is 2. The van der Waals surface area contributed by atoms with Gasteiger partial charge in [0.15, 0.2) is 5.13 Å². The largest absolute Gasteiger partial charge is 0.342 e. The zero-order valence-electron chi connectivity index (χ0n) is 18.0. The summed E-state index contributed by atoms with van der Waals surface area (Å²) in [6.07, 6.45) is 2.23. The van der Waals surface area contributed by atoms with Crippen LogP contribution in [0.5, 0.6) is 0 Å². The van der Waals surface area contributed by atoms with Crippen LogP contribution in [0, 0.1) is 25.2 Å². The first kappa shape index (κ1) is 21.5. The van der Waals surface area contributed by atoms with E-state index in [4.69, 9.17) is 0 Å². The fraction of sp³-hybridized carbons (Fsp3) is 0.522. The molecule has 1 aliphatic heterocycles. The number of aryl methyl sites for hydroxylation is 2. The first-order valence-corrected chi connectivity index (χ1v) is 11.1. The van der Waals surface area contributed by atoms with E-state index in [-0.39, 0.29) is 23.1 Å². The lowest BCUT2D eigenvalue weighted by atomic mass is 9.91. The van der Waals surface area contributed by atoms with Crippen molar-refractivity contribution >= 4 is 28.3 Å². The van der Waals surface area contributed by atoms with Crippen LogP contribution in [0.4, 0.5) is 5.13 Å². The maximum atomic E-state index is 12.7. The smallest absolute Gasteiger partial charge is 0.229 e. The molecule has 0 radical (unpaired) electrons. The minimum absolute atomic E-state index is 0.0171. The summed E-state index contributed by atoms with van der Waals surface area (Å²) < 4.78 is 0. The highest BCUT2D eigenvalue weighted by molar-refractivity contribution is 7.15. The van der Waals surface area contributed by atoms with Gasteiger partial charge in [0.25, 0.3) is 0 Å². The van der Waals surface area contributed by atoms with Crippen molar-refractivity contribution in [3.05, 3.63) is 46.0 Å². The van der Waals surface area contributed by atoms with Crippen molar-refractivity contribution in [1.29, 1.82) is 0 Å². The number of rotatable bonds is 4. The Bertz CT molecular complexity index is 873. The van der Waals surface area contributed by atoms with E-state index in [9.17, 15) is 9.59 Å². The summed E-state index contributed by atoms with van der Waals surface area (Å²) in [5.74, 6) is 0.111. The van der Waals surface area contributed by atoms with Crippen molar-refractivity contribution in [2.75, 3.05) is 18.4 Å². The van der Waals surface area contributed by atoms with Gasteiger partial charge in [0.05, 0.1) is 5.69 Å². The molecule has 1 aromatic heterocycles. The van der Waals surface area contributed by atoms with Gasteiger partial charge >= 0.3 is 0 Å². The number of hydrogen-bond donors (Lipinski definition) is 1. The van der Waals surface area contributed by atoms with Gasteiger partial charge in [-0.3, -0.25) is 9.59 Å². The van der Waals surface area contributed by atoms with Crippen LogP contribution < -0.4 is 5.32 Å². The Balaban J connectivity index is 1.56. The first-order valence-electron chi connectivity index (χ1n) is 10.3. The Morgan fingerprint density at radius 1 is 1.14 bits per heavy atom. The summed E-state index contributed by atoms with van der Waals surface area (Å²) in [7, 11) is 0. The van der Waals surface area contributed by atoms with E-state index in [0.717, 1.165) is 12.1 Å². The number of amides is 2. The second kappa shape index (κ2) is 8.66. The van der Waals surface area contributed by atoms with Crippen LogP contribution in [-0.4, -0.2) is 34.8 Å². The molecule has 0 atom stereocenters. The fourth-order valence-corrected chi connectivity index (χ4v) is 4.56. The summed E-state index contributed by atoms with van der Waals surface area (Å²) in [6, 6.07) is 8.51. The normalized spacial score (nSPS) is 15.4. The van der Waals surface area contributed by atoms with Gasteiger partial charge in [-0.2, -0.15) is 0 Å². The minimum Gasteiger partial charge on any atom is -0.342 e. The van der Waals surface area contributed by atoms with Crippen LogP contribution in [0.1, 0.15) is 55.3 Å². The number of piperidine rings is 1. The van der Waals surface area contributed by atoms with Gasteiger partial charge < -0.3 is 10.2 Å². The van der Waals surface area contributed by atoms with E-state index in [1.165, 1.54) is 16.0 Å². The zero-order chi connectivity index (χ0) is 21.2. The van der Waals surface area contributed by atoms with Crippen molar-refractivity contribution in [1.82, 2.24) is 9.88 Å². The molecule has 0 spiro atoms. The summed E-state index contributed by atoms with van der Waals surface area (Å²) in [4.78, 5) is 32.7. The van der Waals surface area contributed by atoms with Crippen LogP contribution in [0.2, 0.25) is 0 Å². The van der Waals surface area contributed by atoms with E-state index in [2.05, 4.69) is 41.5 Å². The number of benzene rings is 1. The first-order chi connectivity index (χ1) is 13.6. The molecule has 1 aliphatic rings. The molecule has 5 nitrogen and oxygen atoms in total. The summed E-state index contributed by atoms with van der Waals surface area (Å²) in [5, 5.41) is 3.68. The molecule has 1 N–H and O–H groups in total. The van der Waals surface area contributed by atoms with Gasteiger partial charge in [-0.25, -0.2) is 4.98 Å². The second-order valence-corrected chi connectivity index (χ2v) is 10.1. The average Bonchev–Trinajstić information content (AvgIpc) is 3.01. The van der Waals surface area contributed by atoms with Crippen molar-refractivity contribution in [2.24, 2.45) is 11.3 Å². The van der Waals surface area contributed by atoms with E-state index in [1.54, 1.807) is 11.3 Å². The molecule has 29 heavy (non-hydrogen) atoms. The summed E-state index contributed by atoms with van der Waals surface area (Å²) in [6.45, 7) is 11.2. The van der Waals surface area contributed by atoms with Crippen molar-refractivity contribution < 1.29 is 9.59 Å². The second-order valence-electron chi connectivity index (χ2n) is 9.00. The fourth-order valence-electron chi connectivity index (χ4n) is 3.56. The average molecular weight is 414 g/mol. The number of hydrogen-bond acceptors (Lipinski definition) is 4. The third kappa shape index (κ3) is 5.44. The maximum Gasteiger partial charge on any atom is 0.229 e. The minimum atomic E-state index is -0.374. The summed E-state index contributed by atoms with van der Waals surface area (Å²) in [5.41, 5.74) is 3.09. The molecular formula is C23H31N3O2S. The molecule has 0 bridgehead atoms. The lowest BCUT2D eigenvalue weighted by Crippen LogP contribution is -2.45. The van der Waals surface area contributed by atoms with Gasteiger partial charge in [-0.15, -0.1) is 11.3 Å². The van der Waals surface area contributed by atoms with E-state index in [0.29, 0.717) is 31.1 Å². The van der Waals surface area contributed by atoms with Crippen molar-refractivity contribution in [3.8, 4) is 0 Å². The van der Waals surface area contributed by atoms with E-state index < -0.39 is 0 Å². The Kier molecular flexibility index (Phi) is 6.42. The maximum absolute atomic E-state index is 12.7. The highest BCUT2D eigenvalue weighted by Gasteiger charge is 2.32. The molecule has 2 aromatic rings. The Labute approximate surface area is 177 Å². The lowest BCUT2D eigenvalue weighted by molar-refractivity contribution is -0.142. The number of nitrogens with zero attached hydrogens (tertiary/aromatic N) is 2. The van der Waals surface area contributed by atoms with Gasteiger partial charge in [0.2, 0.25) is 11.8 Å². The summed E-state index contributed by atoms with van der Waals surface area (Å²) >= 11 is 1.55. The molecule has 1 saturated heterocycles. The van der Waals surface area contributed by atoms with Gasteiger partial charge in [0.1, 0.15) is 0 Å². The van der Waals surface area contributed by atoms with Crippen LogP contribution >= 0.6 is 11.3 Å². The van der Waals surface area contributed by atoms with Gasteiger partial charge in [-0.1, -0.05) is 50.6 Å². The Morgan fingerprint density at radius 3 is 2.34 bits per heavy atom. The molecule has 6 heteroatoms. The lowest BCUT2D eigenvalue weighted by Gasteiger charge is -2.35. The van der Waals surface area contributed by atoms with Crippen molar-refractivity contribution in [3.63, 3.8) is 0 Å². The molecule has 156 valence electrons. The van der Waals surface area contributed by atoms with E-state index in [1.807, 2.05) is 32.6 Å². The Morgan fingerprint density at radius 2 is 1.76 bits per heavy atom. The topological polar surface area (TPSA) is 62.3 Å². The van der Waals surface area contributed by atoms with Gasteiger partial charge in [-0.05, 0) is 32.3 Å². The van der Waals surface area contributed by atoms with Crippen LogP contribution in [0.25, 0.3) is 0 Å². The number of likely N-dealkylation sites (tertiary alicyclic amines) is 1. The predicted octanol–water partition coefficient (Wildman–Crippen LogP) is 4.57. The van der Waals surface area contributed by atoms with E-state index >= 15 is 0 Å². The molecule has 2 heterocycles. The molecular weight excluding hydrogens is 382 g/mol. The van der Waals surface area contributed by atoms with Crippen molar-refractivity contribution in [2.45, 2.75) is 53.9 Å². The standard InChI is InChI=1S/C23H31N3O2S/c1-15-6-8-17(9-7-15)14-19-16(2)24-22(29-19)25-20(27)18-10-12-26(13-11-18)21(28)23(3,4)5/h6-9,18H,10-14H2,1-5H3,(H,24,25,27). The predicted molar refractivity (Wildman–Crippen MR) is 118 cm³/mol. The number of nitrogens with one attached hydrogen (secondary N) is 1. The number of thiazole rings is 1. The highest BCUT2D eigenvalue weighted by atomic mass is 32.1. The third-order valence-electron chi connectivity index (χ3n) is 5.40. The quantitative estimate of drug-likeness (QED) is 0.798. The van der Waals surface area contributed by atoms with Gasteiger partial charge in [0, 0.05) is 35.7 Å². The highest BCUT2D eigenvalue weighted by Crippen LogP contribution is 2.28. The monoisotopic (exact) mass is 413 g/mol. The molecule has 0 aliphatic carbocycles.